The molecule has 0 amide bonds. The molecule has 1 aliphatic rings. The van der Waals surface area contributed by atoms with Gasteiger partial charge < -0.3 is 0 Å². The Morgan fingerprint density at radius 1 is 0.893 bits per heavy atom. The minimum absolute atomic E-state index is 0.0538. The zero-order valence-corrected chi connectivity index (χ0v) is 15.2. The number of hydrazone groups is 1. The SMILES string of the molecule is O=[N+]([O-])c1ccc(N2N=C(/C=C/c3ccccc3)CC2c2ccccc2)cc1. The second-order valence-corrected chi connectivity index (χ2v) is 6.58. The van der Waals surface area contributed by atoms with Gasteiger partial charge in [0.1, 0.15) is 0 Å². The highest BCUT2D eigenvalue weighted by Gasteiger charge is 2.28. The van der Waals surface area contributed by atoms with Crippen molar-refractivity contribution in [2.24, 2.45) is 5.10 Å². The first-order valence-corrected chi connectivity index (χ1v) is 9.10. The Balaban J connectivity index is 1.65. The van der Waals surface area contributed by atoms with Crippen molar-refractivity contribution in [3.63, 3.8) is 0 Å². The van der Waals surface area contributed by atoms with Crippen LogP contribution in [0.1, 0.15) is 23.6 Å². The van der Waals surface area contributed by atoms with Crippen LogP contribution in [-0.2, 0) is 0 Å². The number of nitro benzene ring substituents is 1. The van der Waals surface area contributed by atoms with E-state index in [4.69, 9.17) is 5.10 Å². The van der Waals surface area contributed by atoms with Crippen LogP contribution in [0.5, 0.6) is 0 Å². The van der Waals surface area contributed by atoms with E-state index in [1.54, 1.807) is 12.1 Å². The van der Waals surface area contributed by atoms with E-state index in [1.165, 1.54) is 12.1 Å². The third-order valence-corrected chi connectivity index (χ3v) is 4.71. The van der Waals surface area contributed by atoms with Crippen molar-refractivity contribution in [1.29, 1.82) is 0 Å². The molecule has 0 saturated carbocycles. The number of benzene rings is 3. The first-order valence-electron chi connectivity index (χ1n) is 9.10. The van der Waals surface area contributed by atoms with E-state index in [0.29, 0.717) is 0 Å². The van der Waals surface area contributed by atoms with Gasteiger partial charge in [0.25, 0.3) is 5.69 Å². The van der Waals surface area contributed by atoms with E-state index in [0.717, 1.165) is 28.9 Å². The summed E-state index contributed by atoms with van der Waals surface area (Å²) in [7, 11) is 0. The Morgan fingerprint density at radius 3 is 2.18 bits per heavy atom. The smallest absolute Gasteiger partial charge is 0.258 e. The number of hydrogen-bond acceptors (Lipinski definition) is 4. The van der Waals surface area contributed by atoms with E-state index in [-0.39, 0.29) is 16.7 Å². The molecule has 1 heterocycles. The summed E-state index contributed by atoms with van der Waals surface area (Å²) in [5, 5.41) is 17.7. The fourth-order valence-electron chi connectivity index (χ4n) is 3.29. The Labute approximate surface area is 163 Å². The van der Waals surface area contributed by atoms with Gasteiger partial charge in [-0.25, -0.2) is 0 Å². The predicted molar refractivity (Wildman–Crippen MR) is 112 cm³/mol. The zero-order chi connectivity index (χ0) is 19.3. The summed E-state index contributed by atoms with van der Waals surface area (Å²) >= 11 is 0. The van der Waals surface area contributed by atoms with Crippen molar-refractivity contribution in [1.82, 2.24) is 0 Å². The van der Waals surface area contributed by atoms with Crippen molar-refractivity contribution in [2.75, 3.05) is 5.01 Å². The maximum Gasteiger partial charge on any atom is 0.269 e. The summed E-state index contributed by atoms with van der Waals surface area (Å²) in [4.78, 5) is 10.6. The Morgan fingerprint density at radius 2 is 1.54 bits per heavy atom. The van der Waals surface area contributed by atoms with Gasteiger partial charge in [0.15, 0.2) is 0 Å². The normalized spacial score (nSPS) is 16.4. The van der Waals surface area contributed by atoms with Crippen LogP contribution in [0.2, 0.25) is 0 Å². The minimum atomic E-state index is -0.389. The highest BCUT2D eigenvalue weighted by atomic mass is 16.6. The largest absolute Gasteiger partial charge is 0.269 e. The lowest BCUT2D eigenvalue weighted by Crippen LogP contribution is -2.18. The molecule has 1 atom stereocenters. The molecular formula is C23H19N3O2. The molecule has 28 heavy (non-hydrogen) atoms. The van der Waals surface area contributed by atoms with Crippen LogP contribution >= 0.6 is 0 Å². The van der Waals surface area contributed by atoms with Crippen LogP contribution in [-0.4, -0.2) is 10.6 Å². The Kier molecular flexibility index (Phi) is 4.97. The van der Waals surface area contributed by atoms with Crippen LogP contribution in [0, 0.1) is 10.1 Å². The van der Waals surface area contributed by atoms with Crippen molar-refractivity contribution in [2.45, 2.75) is 12.5 Å². The maximum atomic E-state index is 10.9. The number of allylic oxidation sites excluding steroid dienone is 1. The van der Waals surface area contributed by atoms with E-state index >= 15 is 0 Å². The van der Waals surface area contributed by atoms with E-state index < -0.39 is 0 Å². The van der Waals surface area contributed by atoms with Gasteiger partial charge in [0, 0.05) is 18.6 Å². The van der Waals surface area contributed by atoms with Gasteiger partial charge in [-0.2, -0.15) is 5.10 Å². The molecule has 1 unspecified atom stereocenters. The maximum absolute atomic E-state index is 10.9. The number of nitro groups is 1. The first-order chi connectivity index (χ1) is 13.7. The molecule has 0 fully saturated rings. The van der Waals surface area contributed by atoms with E-state index in [9.17, 15) is 10.1 Å². The number of anilines is 1. The van der Waals surface area contributed by atoms with Gasteiger partial charge in [-0.05, 0) is 29.3 Å². The molecule has 0 aromatic heterocycles. The molecule has 0 N–H and O–H groups in total. The predicted octanol–water partition coefficient (Wildman–Crippen LogP) is 5.62. The molecule has 0 bridgehead atoms. The standard InChI is InChI=1S/C23H19N3O2/c27-26(28)22-15-13-21(14-16-22)25-23(19-9-5-2-6-10-19)17-20(24-25)12-11-18-7-3-1-4-8-18/h1-16,23H,17H2/b12-11+. The van der Waals surface area contributed by atoms with Crippen LogP contribution in [0.3, 0.4) is 0 Å². The topological polar surface area (TPSA) is 58.7 Å². The van der Waals surface area contributed by atoms with Gasteiger partial charge in [-0.1, -0.05) is 66.7 Å². The minimum Gasteiger partial charge on any atom is -0.258 e. The lowest BCUT2D eigenvalue weighted by Gasteiger charge is -2.23. The van der Waals surface area contributed by atoms with E-state index in [2.05, 4.69) is 30.3 Å². The lowest BCUT2D eigenvalue weighted by molar-refractivity contribution is -0.384. The van der Waals surface area contributed by atoms with Gasteiger partial charge >= 0.3 is 0 Å². The van der Waals surface area contributed by atoms with Crippen LogP contribution in [0.4, 0.5) is 11.4 Å². The summed E-state index contributed by atoms with van der Waals surface area (Å²) in [5.74, 6) is 0. The summed E-state index contributed by atoms with van der Waals surface area (Å²) in [6.07, 6.45) is 4.86. The summed E-state index contributed by atoms with van der Waals surface area (Å²) in [6.45, 7) is 0. The molecule has 1 aliphatic heterocycles. The van der Waals surface area contributed by atoms with Crippen molar-refractivity contribution in [3.05, 3.63) is 112 Å². The van der Waals surface area contributed by atoms with Crippen molar-refractivity contribution < 1.29 is 4.92 Å². The third-order valence-electron chi connectivity index (χ3n) is 4.71. The fourth-order valence-corrected chi connectivity index (χ4v) is 3.29. The zero-order valence-electron chi connectivity index (χ0n) is 15.2. The molecule has 138 valence electrons. The Bertz CT molecular complexity index is 1010. The third kappa shape index (κ3) is 3.83. The summed E-state index contributed by atoms with van der Waals surface area (Å²) in [6, 6.07) is 26.9. The second kappa shape index (κ2) is 7.88. The monoisotopic (exact) mass is 369 g/mol. The molecule has 4 rings (SSSR count). The molecule has 0 spiro atoms. The van der Waals surface area contributed by atoms with Gasteiger partial charge in [-0.3, -0.25) is 15.1 Å². The Hall–Kier alpha value is -3.73. The van der Waals surface area contributed by atoms with Crippen LogP contribution < -0.4 is 5.01 Å². The van der Waals surface area contributed by atoms with Crippen LogP contribution in [0.15, 0.2) is 96.1 Å². The van der Waals surface area contributed by atoms with Crippen molar-refractivity contribution >= 4 is 23.2 Å². The molecule has 5 heteroatoms. The molecular weight excluding hydrogens is 350 g/mol. The number of rotatable bonds is 5. The van der Waals surface area contributed by atoms with Gasteiger partial charge in [0.2, 0.25) is 0 Å². The summed E-state index contributed by atoms with van der Waals surface area (Å²) < 4.78 is 0. The first kappa shape index (κ1) is 17.7. The second-order valence-electron chi connectivity index (χ2n) is 6.58. The summed E-state index contributed by atoms with van der Waals surface area (Å²) in [5.41, 5.74) is 4.16. The lowest BCUT2D eigenvalue weighted by atomic mass is 10.0. The van der Waals surface area contributed by atoms with Gasteiger partial charge in [-0.15, -0.1) is 0 Å². The number of nitrogens with zero attached hydrogens (tertiary/aromatic N) is 3. The average molecular weight is 369 g/mol. The molecule has 5 nitrogen and oxygen atoms in total. The fraction of sp³-hybridized carbons (Fsp3) is 0.0870. The molecule has 3 aromatic rings. The molecule has 0 saturated heterocycles. The quantitative estimate of drug-likeness (QED) is 0.433. The van der Waals surface area contributed by atoms with Crippen LogP contribution in [0.25, 0.3) is 6.08 Å². The number of hydrogen-bond donors (Lipinski definition) is 0. The average Bonchev–Trinajstić information content (AvgIpc) is 3.18. The molecule has 0 aliphatic carbocycles. The number of non-ortho nitro benzene ring substituents is 1. The van der Waals surface area contributed by atoms with E-state index in [1.807, 2.05) is 47.5 Å². The molecule has 3 aromatic carbocycles. The highest BCUT2D eigenvalue weighted by molar-refractivity contribution is 6.01. The molecule has 0 radical (unpaired) electrons. The highest BCUT2D eigenvalue weighted by Crippen LogP contribution is 2.36. The van der Waals surface area contributed by atoms with Crippen molar-refractivity contribution in [3.8, 4) is 0 Å². The van der Waals surface area contributed by atoms with Gasteiger partial charge in [0.05, 0.1) is 22.4 Å².